The van der Waals surface area contributed by atoms with Crippen LogP contribution in [0.4, 0.5) is 0 Å². The van der Waals surface area contributed by atoms with Crippen LogP contribution in [0.1, 0.15) is 12.6 Å². The molecule has 0 unspecified atom stereocenters. The van der Waals surface area contributed by atoms with Crippen molar-refractivity contribution >= 4 is 20.8 Å². The summed E-state index contributed by atoms with van der Waals surface area (Å²) >= 11 is 0. The van der Waals surface area contributed by atoms with E-state index in [2.05, 4.69) is 9.71 Å². The lowest BCUT2D eigenvalue weighted by Gasteiger charge is -2.09. The maximum absolute atomic E-state index is 12.5. The number of fused-ring (bicyclic) bond motifs is 1. The van der Waals surface area contributed by atoms with Crippen LogP contribution < -0.4 is 9.46 Å². The summed E-state index contributed by atoms with van der Waals surface area (Å²) in [5.41, 5.74) is 0.670. The molecule has 0 aliphatic rings. The summed E-state index contributed by atoms with van der Waals surface area (Å²) < 4.78 is 32.9. The second-order valence-corrected chi connectivity index (χ2v) is 7.02. The predicted octanol–water partition coefficient (Wildman–Crippen LogP) is 3.11. The molecule has 3 aromatic rings. The second-order valence-electron chi connectivity index (χ2n) is 5.25. The lowest BCUT2D eigenvalue weighted by Crippen LogP contribution is -2.23. The Hall–Kier alpha value is -2.44. The van der Waals surface area contributed by atoms with E-state index in [1.165, 1.54) is 0 Å². The van der Waals surface area contributed by atoms with Crippen molar-refractivity contribution in [3.63, 3.8) is 0 Å². The number of aromatic nitrogens is 1. The van der Waals surface area contributed by atoms with Gasteiger partial charge in [-0.2, -0.15) is 0 Å². The molecule has 1 aromatic heterocycles. The number of hydrogen-bond acceptors (Lipinski definition) is 4. The molecule has 0 radical (unpaired) electrons. The standard InChI is InChI=1S/C18H18N2O3S/c1-2-23-17-8-6-15-12-18(9-7-14(15)11-17)24(21,22)20-13-16-5-3-4-10-19-16/h3-12,20H,2,13H2,1H3. The van der Waals surface area contributed by atoms with Crippen LogP contribution in [0.25, 0.3) is 10.8 Å². The van der Waals surface area contributed by atoms with Crippen LogP contribution in [0.5, 0.6) is 5.75 Å². The van der Waals surface area contributed by atoms with Gasteiger partial charge in [0.25, 0.3) is 0 Å². The van der Waals surface area contributed by atoms with Crippen molar-refractivity contribution in [2.75, 3.05) is 6.61 Å². The smallest absolute Gasteiger partial charge is 0.240 e. The lowest BCUT2D eigenvalue weighted by atomic mass is 10.1. The average molecular weight is 342 g/mol. The Morgan fingerprint density at radius 1 is 1.04 bits per heavy atom. The van der Waals surface area contributed by atoms with E-state index in [9.17, 15) is 8.42 Å². The van der Waals surface area contributed by atoms with Crippen LogP contribution in [0.2, 0.25) is 0 Å². The van der Waals surface area contributed by atoms with Crippen LogP contribution in [0.15, 0.2) is 65.7 Å². The molecule has 0 saturated heterocycles. The Balaban J connectivity index is 1.83. The van der Waals surface area contributed by atoms with Crippen molar-refractivity contribution < 1.29 is 13.2 Å². The molecule has 3 rings (SSSR count). The van der Waals surface area contributed by atoms with Gasteiger partial charge >= 0.3 is 0 Å². The topological polar surface area (TPSA) is 68.3 Å². The number of nitrogens with one attached hydrogen (secondary N) is 1. The summed E-state index contributed by atoms with van der Waals surface area (Å²) in [6, 6.07) is 16.0. The summed E-state index contributed by atoms with van der Waals surface area (Å²) in [7, 11) is -3.59. The largest absolute Gasteiger partial charge is 0.494 e. The molecule has 1 N–H and O–H groups in total. The molecule has 24 heavy (non-hydrogen) atoms. The molecule has 124 valence electrons. The molecule has 6 heteroatoms. The third kappa shape index (κ3) is 3.72. The van der Waals surface area contributed by atoms with E-state index in [4.69, 9.17) is 4.74 Å². The summed E-state index contributed by atoms with van der Waals surface area (Å²) in [6.45, 7) is 2.67. The number of hydrogen-bond donors (Lipinski definition) is 1. The van der Waals surface area contributed by atoms with Gasteiger partial charge in [-0.15, -0.1) is 0 Å². The van der Waals surface area contributed by atoms with Gasteiger partial charge in [0.2, 0.25) is 10.0 Å². The molecular weight excluding hydrogens is 324 g/mol. The van der Waals surface area contributed by atoms with Crippen molar-refractivity contribution in [3.05, 3.63) is 66.5 Å². The molecule has 0 atom stereocenters. The van der Waals surface area contributed by atoms with E-state index in [-0.39, 0.29) is 11.4 Å². The Kier molecular flexibility index (Phi) is 4.78. The third-order valence-corrected chi connectivity index (χ3v) is 4.97. The zero-order valence-corrected chi connectivity index (χ0v) is 14.1. The van der Waals surface area contributed by atoms with Gasteiger partial charge in [-0.3, -0.25) is 4.98 Å². The quantitative estimate of drug-likeness (QED) is 0.747. The first-order chi connectivity index (χ1) is 11.6. The molecule has 1 heterocycles. The highest BCUT2D eigenvalue weighted by molar-refractivity contribution is 7.89. The molecule has 0 aliphatic heterocycles. The van der Waals surface area contributed by atoms with E-state index >= 15 is 0 Å². The summed E-state index contributed by atoms with van der Waals surface area (Å²) in [6.07, 6.45) is 1.63. The number of nitrogens with zero attached hydrogens (tertiary/aromatic N) is 1. The number of pyridine rings is 1. The monoisotopic (exact) mass is 342 g/mol. The fraction of sp³-hybridized carbons (Fsp3) is 0.167. The van der Waals surface area contributed by atoms with Gasteiger partial charge < -0.3 is 4.74 Å². The fourth-order valence-electron chi connectivity index (χ4n) is 2.38. The van der Waals surface area contributed by atoms with Crippen LogP contribution in [-0.4, -0.2) is 20.0 Å². The molecule has 0 amide bonds. The Morgan fingerprint density at radius 3 is 2.58 bits per heavy atom. The van der Waals surface area contributed by atoms with Gasteiger partial charge in [-0.25, -0.2) is 13.1 Å². The van der Waals surface area contributed by atoms with Crippen molar-refractivity contribution in [1.82, 2.24) is 9.71 Å². The SMILES string of the molecule is CCOc1ccc2cc(S(=O)(=O)NCc3ccccn3)ccc2c1. The number of rotatable bonds is 6. The first kappa shape index (κ1) is 16.4. The van der Waals surface area contributed by atoms with Crippen molar-refractivity contribution in [1.29, 1.82) is 0 Å². The van der Waals surface area contributed by atoms with Crippen LogP contribution in [0, 0.1) is 0 Å². The number of ether oxygens (including phenoxy) is 1. The summed E-state index contributed by atoms with van der Waals surface area (Å²) in [4.78, 5) is 4.34. The van der Waals surface area contributed by atoms with Gasteiger partial charge in [-0.1, -0.05) is 18.2 Å². The second kappa shape index (κ2) is 6.98. The summed E-state index contributed by atoms with van der Waals surface area (Å²) in [5, 5.41) is 1.78. The third-order valence-electron chi connectivity index (χ3n) is 3.57. The first-order valence-electron chi connectivity index (χ1n) is 7.65. The van der Waals surface area contributed by atoms with Gasteiger partial charge in [0, 0.05) is 6.20 Å². The zero-order chi connectivity index (χ0) is 17.0. The van der Waals surface area contributed by atoms with Crippen molar-refractivity contribution in [3.8, 4) is 5.75 Å². The Morgan fingerprint density at radius 2 is 1.83 bits per heavy atom. The maximum atomic E-state index is 12.5. The predicted molar refractivity (Wildman–Crippen MR) is 93.4 cm³/mol. The van der Waals surface area contributed by atoms with Crippen LogP contribution in [0.3, 0.4) is 0 Å². The zero-order valence-electron chi connectivity index (χ0n) is 13.3. The molecule has 2 aromatic carbocycles. The summed E-state index contributed by atoms with van der Waals surface area (Å²) in [5.74, 6) is 0.772. The van der Waals surface area contributed by atoms with Crippen LogP contribution in [-0.2, 0) is 16.6 Å². The maximum Gasteiger partial charge on any atom is 0.240 e. The van der Waals surface area contributed by atoms with Gasteiger partial charge in [0.1, 0.15) is 5.75 Å². The molecule has 0 fully saturated rings. The number of sulfonamides is 1. The first-order valence-corrected chi connectivity index (χ1v) is 9.13. The van der Waals surface area contributed by atoms with Crippen molar-refractivity contribution in [2.45, 2.75) is 18.4 Å². The average Bonchev–Trinajstić information content (AvgIpc) is 2.61. The Bertz CT molecular complexity index is 941. The van der Waals surface area contributed by atoms with Gasteiger partial charge in [-0.05, 0) is 54.1 Å². The highest BCUT2D eigenvalue weighted by Crippen LogP contribution is 2.24. The van der Waals surface area contributed by atoms with Gasteiger partial charge in [0.05, 0.1) is 23.7 Å². The van der Waals surface area contributed by atoms with E-state index in [0.29, 0.717) is 12.3 Å². The molecule has 0 bridgehead atoms. The Labute approximate surface area is 141 Å². The minimum atomic E-state index is -3.59. The molecule has 0 spiro atoms. The highest BCUT2D eigenvalue weighted by atomic mass is 32.2. The van der Waals surface area contributed by atoms with E-state index < -0.39 is 10.0 Å². The minimum Gasteiger partial charge on any atom is -0.494 e. The molecule has 0 aliphatic carbocycles. The van der Waals surface area contributed by atoms with Crippen LogP contribution >= 0.6 is 0 Å². The van der Waals surface area contributed by atoms with Gasteiger partial charge in [0.15, 0.2) is 0 Å². The van der Waals surface area contributed by atoms with Crippen molar-refractivity contribution in [2.24, 2.45) is 0 Å². The normalized spacial score (nSPS) is 11.5. The number of benzene rings is 2. The molecule has 5 nitrogen and oxygen atoms in total. The van der Waals surface area contributed by atoms with E-state index in [1.807, 2.05) is 31.2 Å². The highest BCUT2D eigenvalue weighted by Gasteiger charge is 2.14. The lowest BCUT2D eigenvalue weighted by molar-refractivity contribution is 0.341. The van der Waals surface area contributed by atoms with E-state index in [1.54, 1.807) is 36.5 Å². The molecular formula is C18H18N2O3S. The van der Waals surface area contributed by atoms with E-state index in [0.717, 1.165) is 16.5 Å². The fourth-order valence-corrected chi connectivity index (χ4v) is 3.41. The minimum absolute atomic E-state index is 0.157. The molecule has 0 saturated carbocycles.